The van der Waals surface area contributed by atoms with Gasteiger partial charge in [-0.25, -0.2) is 0 Å². The van der Waals surface area contributed by atoms with Crippen LogP contribution < -0.4 is 5.32 Å². The molecule has 1 amide bonds. The summed E-state index contributed by atoms with van der Waals surface area (Å²) in [5.41, 5.74) is 4.96. The van der Waals surface area contributed by atoms with Gasteiger partial charge in [0.05, 0.1) is 11.4 Å². The molecule has 0 bridgehead atoms. The summed E-state index contributed by atoms with van der Waals surface area (Å²) >= 11 is 1.37. The summed E-state index contributed by atoms with van der Waals surface area (Å²) in [6, 6.07) is 13.5. The van der Waals surface area contributed by atoms with E-state index in [0.717, 1.165) is 29.9 Å². The topological polar surface area (TPSA) is 76.9 Å². The highest BCUT2D eigenvalue weighted by molar-refractivity contribution is 7.99. The predicted octanol–water partition coefficient (Wildman–Crippen LogP) is 4.00. The van der Waals surface area contributed by atoms with Crippen LogP contribution >= 0.6 is 11.8 Å². The number of thioether (sulfide) groups is 1. The number of fused-ring (bicyclic) bond motifs is 1. The summed E-state index contributed by atoms with van der Waals surface area (Å²) in [6.07, 6.45) is 3.34. The average molecular weight is 407 g/mol. The number of benzene rings is 2. The second kappa shape index (κ2) is 8.21. The van der Waals surface area contributed by atoms with E-state index in [2.05, 4.69) is 21.6 Å². The molecule has 1 aromatic heterocycles. The van der Waals surface area contributed by atoms with Crippen molar-refractivity contribution in [3.63, 3.8) is 0 Å². The molecule has 0 saturated carbocycles. The molecule has 0 atom stereocenters. The summed E-state index contributed by atoms with van der Waals surface area (Å²) in [5.74, 6) is 0.973. The molecule has 1 N–H and O–H groups in total. The monoisotopic (exact) mass is 406 g/mol. The minimum absolute atomic E-state index is 0.0869. The van der Waals surface area contributed by atoms with Crippen LogP contribution in [0.1, 0.15) is 40.7 Å². The van der Waals surface area contributed by atoms with Crippen molar-refractivity contribution in [1.29, 1.82) is 0 Å². The normalized spacial score (nSPS) is 12.6. The fourth-order valence-electron chi connectivity index (χ4n) is 3.62. The lowest BCUT2D eigenvalue weighted by Crippen LogP contribution is -2.07. The van der Waals surface area contributed by atoms with E-state index < -0.39 is 0 Å². The third kappa shape index (κ3) is 4.24. The smallest absolute Gasteiger partial charge is 0.221 e. The first kappa shape index (κ1) is 19.4. The lowest BCUT2D eigenvalue weighted by Gasteiger charge is -2.10. The van der Waals surface area contributed by atoms with Gasteiger partial charge in [0.15, 0.2) is 10.9 Å². The van der Waals surface area contributed by atoms with Crippen molar-refractivity contribution in [2.45, 2.75) is 38.3 Å². The Morgan fingerprint density at radius 2 is 1.93 bits per heavy atom. The van der Waals surface area contributed by atoms with E-state index in [1.165, 1.54) is 36.2 Å². The number of aromatic nitrogens is 3. The van der Waals surface area contributed by atoms with Crippen molar-refractivity contribution in [2.75, 3.05) is 11.1 Å². The maximum Gasteiger partial charge on any atom is 0.221 e. The number of nitrogens with zero attached hydrogens (tertiary/aromatic N) is 3. The van der Waals surface area contributed by atoms with E-state index in [-0.39, 0.29) is 11.7 Å². The molecule has 0 saturated heterocycles. The first-order valence-corrected chi connectivity index (χ1v) is 10.6. The zero-order valence-corrected chi connectivity index (χ0v) is 17.3. The molecule has 0 spiro atoms. The lowest BCUT2D eigenvalue weighted by molar-refractivity contribution is -0.114. The number of aryl methyl sites for hydroxylation is 3. The SMILES string of the molecule is CC(=O)Nc1cccc(-n2c(C)nnc2SCC(=O)c2ccc3c(c2)CCC3)c1. The number of carbonyl (C=O) groups is 2. The molecule has 6 nitrogen and oxygen atoms in total. The maximum atomic E-state index is 12.7. The Balaban J connectivity index is 1.52. The van der Waals surface area contributed by atoms with Crippen LogP contribution in [0, 0.1) is 6.92 Å². The molecule has 1 aliphatic rings. The third-order valence-electron chi connectivity index (χ3n) is 4.97. The number of nitrogens with one attached hydrogen (secondary N) is 1. The number of carbonyl (C=O) groups excluding carboxylic acids is 2. The van der Waals surface area contributed by atoms with Crippen LogP contribution in [0.25, 0.3) is 5.69 Å². The van der Waals surface area contributed by atoms with Crippen molar-refractivity contribution in [2.24, 2.45) is 0 Å². The van der Waals surface area contributed by atoms with Gasteiger partial charge in [-0.15, -0.1) is 10.2 Å². The minimum Gasteiger partial charge on any atom is -0.326 e. The van der Waals surface area contributed by atoms with Gasteiger partial charge in [0.1, 0.15) is 5.82 Å². The molecule has 0 radical (unpaired) electrons. The molecule has 0 unspecified atom stereocenters. The van der Waals surface area contributed by atoms with Gasteiger partial charge in [-0.3, -0.25) is 14.2 Å². The minimum atomic E-state index is -0.128. The number of amides is 1. The summed E-state index contributed by atoms with van der Waals surface area (Å²) in [4.78, 5) is 24.1. The Kier molecular flexibility index (Phi) is 5.49. The highest BCUT2D eigenvalue weighted by Crippen LogP contribution is 2.26. The number of hydrogen-bond acceptors (Lipinski definition) is 5. The van der Waals surface area contributed by atoms with Gasteiger partial charge in [0.2, 0.25) is 5.91 Å². The second-order valence-electron chi connectivity index (χ2n) is 7.15. The number of hydrogen-bond donors (Lipinski definition) is 1. The van der Waals surface area contributed by atoms with Crippen LogP contribution in [0.4, 0.5) is 5.69 Å². The summed E-state index contributed by atoms with van der Waals surface area (Å²) in [7, 11) is 0. The maximum absolute atomic E-state index is 12.7. The number of ketones is 1. The molecule has 1 heterocycles. The Morgan fingerprint density at radius 1 is 1.10 bits per heavy atom. The van der Waals surface area contributed by atoms with E-state index in [1.807, 2.05) is 47.9 Å². The molecule has 2 aromatic carbocycles. The lowest BCUT2D eigenvalue weighted by atomic mass is 10.0. The third-order valence-corrected chi connectivity index (χ3v) is 5.90. The fraction of sp³-hybridized carbons (Fsp3) is 0.273. The van der Waals surface area contributed by atoms with E-state index >= 15 is 0 Å². The van der Waals surface area contributed by atoms with Gasteiger partial charge in [-0.2, -0.15) is 0 Å². The van der Waals surface area contributed by atoms with E-state index in [1.54, 1.807) is 0 Å². The standard InChI is InChI=1S/C22H22N4O2S/c1-14-24-25-22(26(14)20-8-4-7-19(12-20)23-15(2)27)29-13-21(28)18-10-9-16-5-3-6-17(16)11-18/h4,7-12H,3,5-6,13H2,1-2H3,(H,23,27). The quantitative estimate of drug-likeness (QED) is 0.495. The number of rotatable bonds is 6. The highest BCUT2D eigenvalue weighted by Gasteiger charge is 2.17. The molecule has 0 aliphatic heterocycles. The van der Waals surface area contributed by atoms with Gasteiger partial charge >= 0.3 is 0 Å². The van der Waals surface area contributed by atoms with Crippen molar-refractivity contribution >= 4 is 29.1 Å². The van der Waals surface area contributed by atoms with Crippen LogP contribution in [-0.2, 0) is 17.6 Å². The first-order chi connectivity index (χ1) is 14.0. The Labute approximate surface area is 173 Å². The van der Waals surface area contributed by atoms with Crippen LogP contribution in [-0.4, -0.2) is 32.2 Å². The molecule has 0 fully saturated rings. The summed E-state index contributed by atoms with van der Waals surface area (Å²) in [5, 5.41) is 11.9. The first-order valence-electron chi connectivity index (χ1n) is 9.59. The van der Waals surface area contributed by atoms with Crippen LogP contribution in [0.2, 0.25) is 0 Å². The average Bonchev–Trinajstić information content (AvgIpc) is 3.31. The molecular weight excluding hydrogens is 384 g/mol. The number of anilines is 1. The van der Waals surface area contributed by atoms with Crippen molar-refractivity contribution < 1.29 is 9.59 Å². The highest BCUT2D eigenvalue weighted by atomic mass is 32.2. The molecule has 7 heteroatoms. The zero-order valence-electron chi connectivity index (χ0n) is 16.4. The Bertz CT molecular complexity index is 1090. The Hall–Kier alpha value is -2.93. The van der Waals surface area contributed by atoms with E-state index in [0.29, 0.717) is 16.6 Å². The fourth-order valence-corrected chi connectivity index (χ4v) is 4.51. The van der Waals surface area contributed by atoms with Gasteiger partial charge in [-0.1, -0.05) is 30.0 Å². The molecule has 148 valence electrons. The predicted molar refractivity (Wildman–Crippen MR) is 114 cm³/mol. The summed E-state index contributed by atoms with van der Waals surface area (Å²) in [6.45, 7) is 3.34. The van der Waals surface area contributed by atoms with Crippen LogP contribution in [0.3, 0.4) is 0 Å². The van der Waals surface area contributed by atoms with Gasteiger partial charge in [-0.05, 0) is 61.6 Å². The van der Waals surface area contributed by atoms with Crippen molar-refractivity contribution in [3.8, 4) is 5.69 Å². The second-order valence-corrected chi connectivity index (χ2v) is 8.09. The summed E-state index contributed by atoms with van der Waals surface area (Å²) < 4.78 is 1.89. The molecule has 4 rings (SSSR count). The van der Waals surface area contributed by atoms with Crippen LogP contribution in [0.5, 0.6) is 0 Å². The number of Topliss-reactive ketones (excluding diaryl/α,β-unsaturated/α-hetero) is 1. The van der Waals surface area contributed by atoms with Gasteiger partial charge in [0.25, 0.3) is 0 Å². The van der Waals surface area contributed by atoms with Crippen molar-refractivity contribution in [1.82, 2.24) is 14.8 Å². The van der Waals surface area contributed by atoms with Crippen LogP contribution in [0.15, 0.2) is 47.6 Å². The van der Waals surface area contributed by atoms with E-state index in [4.69, 9.17) is 0 Å². The largest absolute Gasteiger partial charge is 0.326 e. The van der Waals surface area contributed by atoms with Crippen molar-refractivity contribution in [3.05, 3.63) is 65.0 Å². The Morgan fingerprint density at radius 3 is 2.76 bits per heavy atom. The van der Waals surface area contributed by atoms with Gasteiger partial charge < -0.3 is 5.32 Å². The molecule has 29 heavy (non-hydrogen) atoms. The molecule has 3 aromatic rings. The van der Waals surface area contributed by atoms with Gasteiger partial charge in [0, 0.05) is 18.2 Å². The molecule has 1 aliphatic carbocycles. The van der Waals surface area contributed by atoms with E-state index in [9.17, 15) is 9.59 Å². The molecular formula is C22H22N4O2S. The zero-order chi connectivity index (χ0) is 20.4.